The predicted octanol–water partition coefficient (Wildman–Crippen LogP) is 5.27. The summed E-state index contributed by atoms with van der Waals surface area (Å²) in [6.45, 7) is -0.496. The van der Waals surface area contributed by atoms with Crippen molar-refractivity contribution in [3.05, 3.63) is 71.9 Å². The highest BCUT2D eigenvalue weighted by atomic mass is 19.4. The van der Waals surface area contributed by atoms with Crippen molar-refractivity contribution in [3.8, 4) is 0 Å². The van der Waals surface area contributed by atoms with Crippen molar-refractivity contribution in [2.75, 3.05) is 6.54 Å². The number of para-hydroxylation sites is 1. The molecular weight excluding hydrogens is 403 g/mol. The van der Waals surface area contributed by atoms with Crippen molar-refractivity contribution in [1.82, 2.24) is 15.2 Å². The Balaban J connectivity index is 1.42. The van der Waals surface area contributed by atoms with Crippen LogP contribution < -0.4 is 5.32 Å². The number of H-pyrrole nitrogens is 1. The van der Waals surface area contributed by atoms with Gasteiger partial charge in [0.1, 0.15) is 12.2 Å². The molecule has 4 nitrogen and oxygen atoms in total. The fraction of sp³-hybridized carbons (Fsp3) is 0.375. The average molecular weight is 429 g/mol. The molecule has 1 saturated carbocycles. The Morgan fingerprint density at radius 1 is 1.00 bits per heavy atom. The maximum absolute atomic E-state index is 13.3. The van der Waals surface area contributed by atoms with Gasteiger partial charge in [-0.1, -0.05) is 48.5 Å². The molecule has 1 aromatic heterocycles. The molecule has 1 aliphatic rings. The predicted molar refractivity (Wildman–Crippen MR) is 115 cm³/mol. The number of benzene rings is 2. The van der Waals surface area contributed by atoms with E-state index in [9.17, 15) is 18.0 Å². The number of carbonyl (C=O) groups excluding carboxylic acids is 1. The number of aromatic amines is 1. The molecule has 0 bridgehead atoms. The van der Waals surface area contributed by atoms with Crippen molar-refractivity contribution in [2.24, 2.45) is 0 Å². The number of alkyl halides is 3. The molecule has 1 amide bonds. The molecule has 0 unspecified atom stereocenters. The Hall–Kier alpha value is -2.80. The zero-order valence-corrected chi connectivity index (χ0v) is 17.2. The van der Waals surface area contributed by atoms with Gasteiger partial charge in [0.05, 0.1) is 0 Å². The van der Waals surface area contributed by atoms with Crippen LogP contribution in [-0.2, 0) is 6.54 Å². The number of fused-ring (bicyclic) bond motifs is 1. The Morgan fingerprint density at radius 2 is 1.68 bits per heavy atom. The number of hydrogen-bond acceptors (Lipinski definition) is 2. The third-order valence-corrected chi connectivity index (χ3v) is 5.95. The maximum Gasteiger partial charge on any atom is 0.406 e. The van der Waals surface area contributed by atoms with E-state index in [-0.39, 0.29) is 11.7 Å². The van der Waals surface area contributed by atoms with Crippen LogP contribution in [0.1, 0.15) is 41.7 Å². The van der Waals surface area contributed by atoms with E-state index in [1.54, 1.807) is 6.07 Å². The lowest BCUT2D eigenvalue weighted by Crippen LogP contribution is -2.48. The van der Waals surface area contributed by atoms with E-state index in [4.69, 9.17) is 0 Å². The molecule has 1 fully saturated rings. The first-order valence-electron chi connectivity index (χ1n) is 10.6. The second kappa shape index (κ2) is 9.14. The zero-order valence-electron chi connectivity index (χ0n) is 17.2. The van der Waals surface area contributed by atoms with Crippen molar-refractivity contribution >= 4 is 16.8 Å². The van der Waals surface area contributed by atoms with Crippen LogP contribution in [0.15, 0.2) is 60.7 Å². The highest BCUT2D eigenvalue weighted by Gasteiger charge is 2.38. The summed E-state index contributed by atoms with van der Waals surface area (Å²) in [7, 11) is 0. The van der Waals surface area contributed by atoms with Gasteiger partial charge < -0.3 is 15.2 Å². The number of halogens is 3. The molecule has 0 atom stereocenters. The summed E-state index contributed by atoms with van der Waals surface area (Å²) in [5, 5.41) is 4.30. The first kappa shape index (κ1) is 21.4. The highest BCUT2D eigenvalue weighted by Crippen LogP contribution is 2.29. The fourth-order valence-corrected chi connectivity index (χ4v) is 4.35. The van der Waals surface area contributed by atoms with E-state index in [0.717, 1.165) is 35.2 Å². The Morgan fingerprint density at radius 3 is 2.35 bits per heavy atom. The van der Waals surface area contributed by atoms with E-state index in [1.807, 2.05) is 54.6 Å². The summed E-state index contributed by atoms with van der Waals surface area (Å²) in [6.07, 6.45) is -1.86. The quantitative estimate of drug-likeness (QED) is 0.561. The van der Waals surface area contributed by atoms with Gasteiger partial charge >= 0.3 is 6.18 Å². The SMILES string of the molecule is O=C(c1cc2ccccc2[nH]1)N(CC(F)(F)F)C1CCC(NCc2ccccc2)CC1. The second-order valence-corrected chi connectivity index (χ2v) is 8.19. The standard InChI is InChI=1S/C24H26F3N3O/c25-24(26,27)16-30(23(31)22-14-18-8-4-5-9-21(18)29-22)20-12-10-19(11-13-20)28-15-17-6-2-1-3-7-17/h1-9,14,19-20,28-29H,10-13,15-16H2. The van der Waals surface area contributed by atoms with Crippen LogP contribution in [0.4, 0.5) is 13.2 Å². The Bertz CT molecular complexity index is 975. The molecule has 3 aromatic rings. The van der Waals surface area contributed by atoms with Gasteiger partial charge in [-0.15, -0.1) is 0 Å². The maximum atomic E-state index is 13.3. The van der Waals surface area contributed by atoms with Gasteiger partial charge in [-0.25, -0.2) is 0 Å². The molecule has 0 spiro atoms. The molecule has 0 saturated heterocycles. The lowest BCUT2D eigenvalue weighted by atomic mass is 9.89. The van der Waals surface area contributed by atoms with Crippen molar-refractivity contribution < 1.29 is 18.0 Å². The van der Waals surface area contributed by atoms with E-state index in [0.29, 0.717) is 12.8 Å². The normalized spacial score (nSPS) is 19.5. The molecule has 164 valence electrons. The van der Waals surface area contributed by atoms with Crippen molar-refractivity contribution in [3.63, 3.8) is 0 Å². The monoisotopic (exact) mass is 429 g/mol. The fourth-order valence-electron chi connectivity index (χ4n) is 4.35. The van der Waals surface area contributed by atoms with Gasteiger partial charge in [0, 0.05) is 29.5 Å². The minimum Gasteiger partial charge on any atom is -0.351 e. The lowest BCUT2D eigenvalue weighted by Gasteiger charge is -2.37. The zero-order chi connectivity index (χ0) is 21.8. The van der Waals surface area contributed by atoms with Gasteiger partial charge in [0.25, 0.3) is 5.91 Å². The van der Waals surface area contributed by atoms with Crippen LogP contribution in [0.25, 0.3) is 10.9 Å². The van der Waals surface area contributed by atoms with Crippen LogP contribution in [0.3, 0.4) is 0 Å². The smallest absolute Gasteiger partial charge is 0.351 e. The third-order valence-electron chi connectivity index (χ3n) is 5.95. The van der Waals surface area contributed by atoms with Crippen LogP contribution in [0, 0.1) is 0 Å². The number of hydrogen-bond donors (Lipinski definition) is 2. The van der Waals surface area contributed by atoms with Gasteiger partial charge in [-0.2, -0.15) is 13.2 Å². The molecule has 1 heterocycles. The van der Waals surface area contributed by atoms with Gasteiger partial charge in [-0.3, -0.25) is 4.79 Å². The number of rotatable bonds is 6. The van der Waals surface area contributed by atoms with Crippen LogP contribution in [0.5, 0.6) is 0 Å². The average Bonchev–Trinajstić information content (AvgIpc) is 3.20. The molecule has 0 radical (unpaired) electrons. The topological polar surface area (TPSA) is 48.1 Å². The molecular formula is C24H26F3N3O. The van der Waals surface area contributed by atoms with Crippen molar-refractivity contribution in [2.45, 2.75) is 50.5 Å². The van der Waals surface area contributed by atoms with E-state index >= 15 is 0 Å². The Kier molecular flexibility index (Phi) is 6.32. The van der Waals surface area contributed by atoms with E-state index < -0.39 is 24.7 Å². The number of carbonyl (C=O) groups is 1. The second-order valence-electron chi connectivity index (χ2n) is 8.19. The molecule has 1 aliphatic carbocycles. The largest absolute Gasteiger partial charge is 0.406 e. The summed E-state index contributed by atoms with van der Waals surface area (Å²) in [6, 6.07) is 18.8. The summed E-state index contributed by atoms with van der Waals surface area (Å²) in [5.74, 6) is -0.589. The highest BCUT2D eigenvalue weighted by molar-refractivity contribution is 5.98. The number of nitrogens with one attached hydrogen (secondary N) is 2. The van der Waals surface area contributed by atoms with Crippen LogP contribution in [0.2, 0.25) is 0 Å². The molecule has 2 N–H and O–H groups in total. The first-order valence-corrected chi connectivity index (χ1v) is 10.6. The van der Waals surface area contributed by atoms with Gasteiger partial charge in [-0.05, 0) is 43.4 Å². The summed E-state index contributed by atoms with van der Waals surface area (Å²) in [4.78, 5) is 17.1. The third kappa shape index (κ3) is 5.47. The first-order chi connectivity index (χ1) is 14.9. The minimum atomic E-state index is -4.44. The molecule has 7 heteroatoms. The molecule has 2 aromatic carbocycles. The number of nitrogens with zero attached hydrogens (tertiary/aromatic N) is 1. The minimum absolute atomic E-state index is 0.203. The van der Waals surface area contributed by atoms with E-state index in [1.165, 1.54) is 5.56 Å². The number of aromatic nitrogens is 1. The molecule has 4 rings (SSSR count). The molecule has 0 aliphatic heterocycles. The summed E-state index contributed by atoms with van der Waals surface area (Å²) >= 11 is 0. The Labute approximate surface area is 179 Å². The van der Waals surface area contributed by atoms with Crippen LogP contribution in [-0.4, -0.2) is 40.6 Å². The van der Waals surface area contributed by atoms with Crippen LogP contribution >= 0.6 is 0 Å². The lowest BCUT2D eigenvalue weighted by molar-refractivity contribution is -0.145. The molecule has 31 heavy (non-hydrogen) atoms. The van der Waals surface area contributed by atoms with Crippen molar-refractivity contribution in [1.29, 1.82) is 0 Å². The number of amides is 1. The van der Waals surface area contributed by atoms with Gasteiger partial charge in [0.2, 0.25) is 0 Å². The summed E-state index contributed by atoms with van der Waals surface area (Å²) in [5.41, 5.74) is 2.12. The van der Waals surface area contributed by atoms with E-state index in [2.05, 4.69) is 10.3 Å². The summed E-state index contributed by atoms with van der Waals surface area (Å²) < 4.78 is 39.9. The van der Waals surface area contributed by atoms with Gasteiger partial charge in [0.15, 0.2) is 0 Å².